The summed E-state index contributed by atoms with van der Waals surface area (Å²) < 4.78 is 20.8. The number of nitrogens with one attached hydrogen (secondary N) is 1. The van der Waals surface area contributed by atoms with Gasteiger partial charge in [-0.1, -0.05) is 13.3 Å². The Kier molecular flexibility index (Phi) is 13.4. The van der Waals surface area contributed by atoms with Gasteiger partial charge in [0, 0.05) is 12.2 Å². The van der Waals surface area contributed by atoms with Gasteiger partial charge in [-0.2, -0.15) is 0 Å². The summed E-state index contributed by atoms with van der Waals surface area (Å²) >= 11 is 0. The summed E-state index contributed by atoms with van der Waals surface area (Å²) in [5, 5.41) is 11.8. The van der Waals surface area contributed by atoms with Gasteiger partial charge in [-0.25, -0.2) is 4.79 Å². The maximum atomic E-state index is 11.9. The van der Waals surface area contributed by atoms with Crippen molar-refractivity contribution in [1.82, 2.24) is 0 Å². The van der Waals surface area contributed by atoms with Crippen LogP contribution in [0.15, 0.2) is 24.3 Å². The smallest absolute Gasteiger partial charge is 0.338 e. The van der Waals surface area contributed by atoms with E-state index in [1.165, 1.54) is 0 Å². The fraction of sp³-hybridized carbons (Fsp3) is 0.632. The molecule has 0 spiro atoms. The number of rotatable bonds is 16. The Morgan fingerprint density at radius 1 is 0.923 bits per heavy atom. The second-order valence-corrected chi connectivity index (χ2v) is 5.55. The van der Waals surface area contributed by atoms with E-state index in [0.717, 1.165) is 25.1 Å². The molecule has 1 aromatic carbocycles. The van der Waals surface area contributed by atoms with Crippen molar-refractivity contribution in [2.24, 2.45) is 0 Å². The van der Waals surface area contributed by atoms with E-state index in [2.05, 4.69) is 12.2 Å². The van der Waals surface area contributed by atoms with Crippen LogP contribution in [-0.4, -0.2) is 70.5 Å². The van der Waals surface area contributed by atoms with Crippen LogP contribution in [0.5, 0.6) is 0 Å². The summed E-state index contributed by atoms with van der Waals surface area (Å²) in [6, 6.07) is 7.27. The van der Waals surface area contributed by atoms with Crippen molar-refractivity contribution in [3.8, 4) is 0 Å². The maximum absolute atomic E-state index is 11.9. The first-order valence-electron chi connectivity index (χ1n) is 9.13. The Balaban J connectivity index is 2.02. The minimum atomic E-state index is -0.356. The zero-order valence-electron chi connectivity index (χ0n) is 15.6. The van der Waals surface area contributed by atoms with Crippen molar-refractivity contribution < 1.29 is 28.8 Å². The monoisotopic (exact) mass is 369 g/mol. The molecule has 148 valence electrons. The second kappa shape index (κ2) is 15.6. The van der Waals surface area contributed by atoms with E-state index in [0.29, 0.717) is 45.2 Å². The molecule has 1 rings (SSSR count). The maximum Gasteiger partial charge on any atom is 0.338 e. The van der Waals surface area contributed by atoms with Crippen LogP contribution < -0.4 is 5.32 Å². The fourth-order valence-corrected chi connectivity index (χ4v) is 2.02. The summed E-state index contributed by atoms with van der Waals surface area (Å²) in [6.45, 7) is 5.72. The lowest BCUT2D eigenvalue weighted by Crippen LogP contribution is -2.14. The summed E-state index contributed by atoms with van der Waals surface area (Å²) in [4.78, 5) is 11.9. The molecule has 0 amide bonds. The SMILES string of the molecule is CCCCNc1ccc(C(=O)OCCOCCOCCOCCO)cc1. The van der Waals surface area contributed by atoms with E-state index < -0.39 is 0 Å². The Labute approximate surface area is 155 Å². The number of esters is 1. The molecule has 0 aliphatic heterocycles. The molecular weight excluding hydrogens is 338 g/mol. The van der Waals surface area contributed by atoms with Crippen LogP contribution in [-0.2, 0) is 18.9 Å². The molecule has 0 saturated carbocycles. The predicted molar refractivity (Wildman–Crippen MR) is 99.7 cm³/mol. The number of benzene rings is 1. The van der Waals surface area contributed by atoms with Crippen LogP contribution in [0.3, 0.4) is 0 Å². The topological polar surface area (TPSA) is 86.3 Å². The number of hydrogen-bond donors (Lipinski definition) is 2. The molecule has 26 heavy (non-hydrogen) atoms. The van der Waals surface area contributed by atoms with E-state index >= 15 is 0 Å². The number of anilines is 1. The molecule has 0 aliphatic carbocycles. The summed E-state index contributed by atoms with van der Waals surface area (Å²) in [5.74, 6) is -0.356. The van der Waals surface area contributed by atoms with Gasteiger partial charge >= 0.3 is 5.97 Å². The van der Waals surface area contributed by atoms with E-state index in [4.69, 9.17) is 24.1 Å². The van der Waals surface area contributed by atoms with Gasteiger partial charge in [-0.05, 0) is 30.7 Å². The van der Waals surface area contributed by atoms with Crippen molar-refractivity contribution in [3.63, 3.8) is 0 Å². The number of aliphatic hydroxyl groups is 1. The molecule has 2 N–H and O–H groups in total. The summed E-state index contributed by atoms with van der Waals surface area (Å²) in [5.41, 5.74) is 1.53. The fourth-order valence-electron chi connectivity index (χ4n) is 2.02. The first kappa shape index (κ1) is 22.4. The molecule has 0 aliphatic rings. The number of carbonyl (C=O) groups excluding carboxylic acids is 1. The van der Waals surface area contributed by atoms with Crippen molar-refractivity contribution in [2.45, 2.75) is 19.8 Å². The van der Waals surface area contributed by atoms with Crippen LogP contribution in [0.1, 0.15) is 30.1 Å². The summed E-state index contributed by atoms with van der Waals surface area (Å²) in [6.07, 6.45) is 2.26. The minimum absolute atomic E-state index is 0.0157. The van der Waals surface area contributed by atoms with Gasteiger partial charge in [0.1, 0.15) is 6.61 Å². The third kappa shape index (κ3) is 11.0. The molecule has 0 aromatic heterocycles. The van der Waals surface area contributed by atoms with E-state index in [1.54, 1.807) is 12.1 Å². The average Bonchev–Trinajstić information content (AvgIpc) is 2.66. The molecule has 0 saturated heterocycles. The lowest BCUT2D eigenvalue weighted by molar-refractivity contribution is -0.00313. The highest BCUT2D eigenvalue weighted by molar-refractivity contribution is 5.89. The van der Waals surface area contributed by atoms with Crippen molar-refractivity contribution in [2.75, 3.05) is 64.7 Å². The van der Waals surface area contributed by atoms with Crippen molar-refractivity contribution in [1.29, 1.82) is 0 Å². The quantitative estimate of drug-likeness (QED) is 0.341. The highest BCUT2D eigenvalue weighted by Crippen LogP contribution is 2.10. The molecule has 1 aromatic rings. The normalized spacial score (nSPS) is 10.7. The van der Waals surface area contributed by atoms with Crippen LogP contribution >= 0.6 is 0 Å². The Bertz CT molecular complexity index is 466. The summed E-state index contributed by atoms with van der Waals surface area (Å²) in [7, 11) is 0. The van der Waals surface area contributed by atoms with Gasteiger partial charge < -0.3 is 29.4 Å². The second-order valence-electron chi connectivity index (χ2n) is 5.55. The van der Waals surface area contributed by atoms with Gasteiger partial charge in [0.25, 0.3) is 0 Å². The highest BCUT2D eigenvalue weighted by Gasteiger charge is 2.06. The lowest BCUT2D eigenvalue weighted by atomic mass is 10.2. The van der Waals surface area contributed by atoms with Crippen molar-refractivity contribution >= 4 is 11.7 Å². The molecule has 0 fully saturated rings. The average molecular weight is 369 g/mol. The largest absolute Gasteiger partial charge is 0.460 e. The Hall–Kier alpha value is -1.67. The van der Waals surface area contributed by atoms with Crippen LogP contribution in [0, 0.1) is 0 Å². The molecule has 0 atom stereocenters. The van der Waals surface area contributed by atoms with E-state index in [-0.39, 0.29) is 19.2 Å². The van der Waals surface area contributed by atoms with Crippen LogP contribution in [0.2, 0.25) is 0 Å². The van der Waals surface area contributed by atoms with Gasteiger partial charge in [0.05, 0.1) is 51.8 Å². The Morgan fingerprint density at radius 3 is 2.08 bits per heavy atom. The van der Waals surface area contributed by atoms with E-state index in [1.807, 2.05) is 12.1 Å². The lowest BCUT2D eigenvalue weighted by Gasteiger charge is -2.08. The molecular formula is C19H31NO6. The van der Waals surface area contributed by atoms with Gasteiger partial charge in [0.15, 0.2) is 0 Å². The van der Waals surface area contributed by atoms with Gasteiger partial charge in [-0.3, -0.25) is 0 Å². The first-order valence-corrected chi connectivity index (χ1v) is 9.13. The molecule has 7 heteroatoms. The molecule has 0 bridgehead atoms. The van der Waals surface area contributed by atoms with Crippen LogP contribution in [0.4, 0.5) is 5.69 Å². The van der Waals surface area contributed by atoms with Gasteiger partial charge in [-0.15, -0.1) is 0 Å². The number of ether oxygens (including phenoxy) is 4. The minimum Gasteiger partial charge on any atom is -0.460 e. The molecule has 0 unspecified atom stereocenters. The zero-order chi connectivity index (χ0) is 18.9. The standard InChI is InChI=1S/C19H31NO6/c1-2-3-8-20-18-6-4-17(5-7-18)19(22)26-16-15-25-14-13-24-12-11-23-10-9-21/h4-7,20-21H,2-3,8-16H2,1H3. The number of aliphatic hydroxyl groups excluding tert-OH is 1. The highest BCUT2D eigenvalue weighted by atomic mass is 16.6. The van der Waals surface area contributed by atoms with Crippen LogP contribution in [0.25, 0.3) is 0 Å². The third-order valence-corrected chi connectivity index (χ3v) is 3.42. The predicted octanol–water partition coefficient (Wildman–Crippen LogP) is 2.10. The van der Waals surface area contributed by atoms with E-state index in [9.17, 15) is 4.79 Å². The number of unbranched alkanes of at least 4 members (excludes halogenated alkanes) is 1. The van der Waals surface area contributed by atoms with Gasteiger partial charge in [0.2, 0.25) is 0 Å². The Morgan fingerprint density at radius 2 is 1.50 bits per heavy atom. The number of carbonyl (C=O) groups is 1. The zero-order valence-corrected chi connectivity index (χ0v) is 15.6. The third-order valence-electron chi connectivity index (χ3n) is 3.42. The number of hydrogen-bond acceptors (Lipinski definition) is 7. The molecule has 7 nitrogen and oxygen atoms in total. The van der Waals surface area contributed by atoms with Crippen molar-refractivity contribution in [3.05, 3.63) is 29.8 Å². The first-order chi connectivity index (χ1) is 12.8. The molecule has 0 radical (unpaired) electrons. The molecule has 0 heterocycles.